The zero-order valence-electron chi connectivity index (χ0n) is 15.2. The van der Waals surface area contributed by atoms with Gasteiger partial charge in [0.15, 0.2) is 5.82 Å². The molecule has 1 amide bonds. The maximum Gasteiger partial charge on any atom is 0.225 e. The molecule has 0 spiro atoms. The molecule has 0 radical (unpaired) electrons. The van der Waals surface area contributed by atoms with Crippen LogP contribution in [0, 0.1) is 0 Å². The Morgan fingerprint density at radius 1 is 1.00 bits per heavy atom. The third-order valence-corrected chi connectivity index (χ3v) is 4.57. The number of aromatic hydroxyl groups is 1. The van der Waals surface area contributed by atoms with Gasteiger partial charge in [-0.2, -0.15) is 5.10 Å². The van der Waals surface area contributed by atoms with E-state index in [9.17, 15) is 9.90 Å². The fourth-order valence-electron chi connectivity index (χ4n) is 3.16. The molecule has 6 heteroatoms. The number of anilines is 1. The molecule has 28 heavy (non-hydrogen) atoms. The number of hydrogen-bond acceptors (Lipinski definition) is 4. The first-order valence-electron chi connectivity index (χ1n) is 9.12. The smallest absolute Gasteiger partial charge is 0.225 e. The van der Waals surface area contributed by atoms with E-state index in [0.717, 1.165) is 22.0 Å². The van der Waals surface area contributed by atoms with Crippen LogP contribution < -0.4 is 5.32 Å². The number of phenolic OH excluding ortho intramolecular Hbond substituents is 1. The number of benzene rings is 2. The van der Waals surface area contributed by atoms with Crippen LogP contribution in [0.15, 0.2) is 73.1 Å². The van der Waals surface area contributed by atoms with Crippen LogP contribution in [-0.2, 0) is 17.8 Å². The van der Waals surface area contributed by atoms with E-state index < -0.39 is 0 Å². The van der Waals surface area contributed by atoms with Gasteiger partial charge in [-0.25, -0.2) is 0 Å². The van der Waals surface area contributed by atoms with Crippen LogP contribution in [0.1, 0.15) is 17.5 Å². The third kappa shape index (κ3) is 4.01. The van der Waals surface area contributed by atoms with Crippen molar-refractivity contribution >= 4 is 22.6 Å². The molecule has 2 heterocycles. The first-order valence-corrected chi connectivity index (χ1v) is 9.12. The zero-order chi connectivity index (χ0) is 19.3. The van der Waals surface area contributed by atoms with Crippen molar-refractivity contribution in [1.29, 1.82) is 0 Å². The Labute approximate surface area is 162 Å². The van der Waals surface area contributed by atoms with E-state index >= 15 is 0 Å². The predicted octanol–water partition coefficient (Wildman–Crippen LogP) is 3.76. The maximum absolute atomic E-state index is 12.2. The Hall–Kier alpha value is -3.67. The Bertz CT molecular complexity index is 1110. The molecule has 0 aliphatic heterocycles. The van der Waals surface area contributed by atoms with Gasteiger partial charge >= 0.3 is 0 Å². The number of aromatic nitrogens is 3. The van der Waals surface area contributed by atoms with Gasteiger partial charge in [0, 0.05) is 30.3 Å². The van der Waals surface area contributed by atoms with Crippen molar-refractivity contribution in [3.05, 3.63) is 84.2 Å². The van der Waals surface area contributed by atoms with Gasteiger partial charge in [-0.3, -0.25) is 14.5 Å². The van der Waals surface area contributed by atoms with Gasteiger partial charge in [0.2, 0.25) is 5.91 Å². The monoisotopic (exact) mass is 372 g/mol. The van der Waals surface area contributed by atoms with Crippen LogP contribution in [-0.4, -0.2) is 25.8 Å². The van der Waals surface area contributed by atoms with Gasteiger partial charge in [0.25, 0.3) is 0 Å². The van der Waals surface area contributed by atoms with E-state index in [4.69, 9.17) is 0 Å². The number of aryl methyl sites for hydroxylation is 1. The number of para-hydroxylation sites is 2. The number of phenols is 1. The highest BCUT2D eigenvalue weighted by Gasteiger charge is 2.09. The molecule has 2 aromatic carbocycles. The third-order valence-electron chi connectivity index (χ3n) is 4.57. The molecular formula is C22H20N4O2. The number of carbonyl (C=O) groups is 1. The van der Waals surface area contributed by atoms with Crippen LogP contribution in [0.25, 0.3) is 10.9 Å². The van der Waals surface area contributed by atoms with Gasteiger partial charge in [0.05, 0.1) is 12.1 Å². The highest BCUT2D eigenvalue weighted by Crippen LogP contribution is 2.19. The summed E-state index contributed by atoms with van der Waals surface area (Å²) in [5, 5.41) is 18.1. The van der Waals surface area contributed by atoms with E-state index in [0.29, 0.717) is 18.8 Å². The second-order valence-electron chi connectivity index (χ2n) is 6.57. The highest BCUT2D eigenvalue weighted by molar-refractivity contribution is 5.89. The molecular weight excluding hydrogens is 352 g/mol. The average molecular weight is 372 g/mol. The van der Waals surface area contributed by atoms with Gasteiger partial charge < -0.3 is 10.4 Å². The molecule has 140 valence electrons. The van der Waals surface area contributed by atoms with Crippen LogP contribution >= 0.6 is 0 Å². The molecule has 0 bridgehead atoms. The number of hydrogen-bond donors (Lipinski definition) is 2. The number of rotatable bonds is 6. The fraction of sp³-hybridized carbons (Fsp3) is 0.136. The molecule has 0 aliphatic carbocycles. The van der Waals surface area contributed by atoms with Crippen LogP contribution in [0.2, 0.25) is 0 Å². The van der Waals surface area contributed by atoms with Crippen molar-refractivity contribution in [3.8, 4) is 5.75 Å². The van der Waals surface area contributed by atoms with Gasteiger partial charge in [-0.1, -0.05) is 42.5 Å². The van der Waals surface area contributed by atoms with Crippen LogP contribution in [0.5, 0.6) is 5.75 Å². The molecule has 4 aromatic rings. The van der Waals surface area contributed by atoms with Gasteiger partial charge in [-0.05, 0) is 29.7 Å². The first-order chi connectivity index (χ1) is 13.7. The Balaban J connectivity index is 1.39. The topological polar surface area (TPSA) is 80.0 Å². The average Bonchev–Trinajstić information content (AvgIpc) is 3.14. The normalized spacial score (nSPS) is 10.9. The predicted molar refractivity (Wildman–Crippen MR) is 108 cm³/mol. The summed E-state index contributed by atoms with van der Waals surface area (Å²) >= 11 is 0. The van der Waals surface area contributed by atoms with Crippen molar-refractivity contribution in [1.82, 2.24) is 14.8 Å². The minimum Gasteiger partial charge on any atom is -0.508 e. The Morgan fingerprint density at radius 2 is 1.82 bits per heavy atom. The molecule has 0 atom stereocenters. The van der Waals surface area contributed by atoms with E-state index in [1.165, 1.54) is 0 Å². The quantitative estimate of drug-likeness (QED) is 0.540. The number of amides is 1. The summed E-state index contributed by atoms with van der Waals surface area (Å²) in [6, 6.07) is 18.8. The minimum atomic E-state index is -0.139. The number of fused-ring (bicyclic) bond motifs is 1. The van der Waals surface area contributed by atoms with E-state index in [1.54, 1.807) is 29.1 Å². The van der Waals surface area contributed by atoms with Crippen LogP contribution in [0.4, 0.5) is 5.82 Å². The summed E-state index contributed by atoms with van der Waals surface area (Å²) in [6.45, 7) is 0.572. The number of pyridine rings is 1. The maximum atomic E-state index is 12.2. The summed E-state index contributed by atoms with van der Waals surface area (Å²) in [5.41, 5.74) is 2.78. The molecule has 0 aliphatic rings. The summed E-state index contributed by atoms with van der Waals surface area (Å²) in [5.74, 6) is 0.582. The highest BCUT2D eigenvalue weighted by atomic mass is 16.3. The van der Waals surface area contributed by atoms with Gasteiger partial charge in [-0.15, -0.1) is 0 Å². The van der Waals surface area contributed by atoms with E-state index in [2.05, 4.69) is 15.4 Å². The lowest BCUT2D eigenvalue weighted by Crippen LogP contribution is -2.13. The first kappa shape index (κ1) is 17.7. The van der Waals surface area contributed by atoms with Crippen molar-refractivity contribution in [2.45, 2.75) is 19.4 Å². The Kier molecular flexibility index (Phi) is 5.01. The van der Waals surface area contributed by atoms with Crippen molar-refractivity contribution < 1.29 is 9.90 Å². The lowest BCUT2D eigenvalue weighted by atomic mass is 10.1. The van der Waals surface area contributed by atoms with Crippen molar-refractivity contribution in [3.63, 3.8) is 0 Å². The number of nitrogens with one attached hydrogen (secondary N) is 1. The molecule has 0 saturated heterocycles. The minimum absolute atomic E-state index is 0.139. The zero-order valence-corrected chi connectivity index (χ0v) is 15.2. The second kappa shape index (κ2) is 7.92. The standard InChI is InChI=1S/C22H20N4O2/c27-19-9-2-1-5-16(19)10-11-21(28)24-20-12-14-26(25-20)15-18-7-3-6-17-8-4-13-23-22(17)18/h1-9,12-14,27H,10-11,15H2,(H,24,25,28). The largest absolute Gasteiger partial charge is 0.508 e. The SMILES string of the molecule is O=C(CCc1ccccc1O)Nc1ccn(Cc2cccc3cccnc23)n1. The van der Waals surface area contributed by atoms with Crippen LogP contribution in [0.3, 0.4) is 0 Å². The lowest BCUT2D eigenvalue weighted by molar-refractivity contribution is -0.116. The molecule has 2 aromatic heterocycles. The van der Waals surface area contributed by atoms with Crippen molar-refractivity contribution in [2.75, 3.05) is 5.32 Å². The number of nitrogens with zero attached hydrogens (tertiary/aromatic N) is 3. The molecule has 0 fully saturated rings. The van der Waals surface area contributed by atoms with E-state index in [-0.39, 0.29) is 18.1 Å². The molecule has 6 nitrogen and oxygen atoms in total. The number of carbonyl (C=O) groups excluding carboxylic acids is 1. The van der Waals surface area contributed by atoms with Gasteiger partial charge in [0.1, 0.15) is 5.75 Å². The lowest BCUT2D eigenvalue weighted by Gasteiger charge is -2.06. The van der Waals surface area contributed by atoms with E-state index in [1.807, 2.05) is 48.7 Å². The molecule has 0 saturated carbocycles. The summed E-state index contributed by atoms with van der Waals surface area (Å²) < 4.78 is 1.78. The fourth-order valence-corrected chi connectivity index (χ4v) is 3.16. The molecule has 0 unspecified atom stereocenters. The summed E-state index contributed by atoms with van der Waals surface area (Å²) in [7, 11) is 0. The molecule has 2 N–H and O–H groups in total. The summed E-state index contributed by atoms with van der Waals surface area (Å²) in [4.78, 5) is 16.6. The van der Waals surface area contributed by atoms with Crippen molar-refractivity contribution in [2.24, 2.45) is 0 Å². The summed E-state index contributed by atoms with van der Waals surface area (Å²) in [6.07, 6.45) is 4.37. The second-order valence-corrected chi connectivity index (χ2v) is 6.57. The molecule has 4 rings (SSSR count). The Morgan fingerprint density at radius 3 is 2.71 bits per heavy atom.